The molecule has 1 aromatic rings. The van der Waals surface area contributed by atoms with Crippen molar-refractivity contribution in [3.05, 3.63) is 24.3 Å². The molecule has 0 bridgehead atoms. The number of amides is 1. The van der Waals surface area contributed by atoms with Gasteiger partial charge in [0.15, 0.2) is 0 Å². The SMILES string of the molecule is O=C(c1ncccn1)N1CC2(C[C@@H](OCC3CCCC3)CCO2)C1. The van der Waals surface area contributed by atoms with Crippen molar-refractivity contribution in [3.8, 4) is 0 Å². The maximum Gasteiger partial charge on any atom is 0.291 e. The Morgan fingerprint density at radius 1 is 1.25 bits per heavy atom. The van der Waals surface area contributed by atoms with E-state index >= 15 is 0 Å². The summed E-state index contributed by atoms with van der Waals surface area (Å²) in [6, 6.07) is 1.71. The zero-order valence-corrected chi connectivity index (χ0v) is 14.0. The molecule has 0 N–H and O–H groups in total. The van der Waals surface area contributed by atoms with Gasteiger partial charge in [-0.05, 0) is 31.2 Å². The van der Waals surface area contributed by atoms with Crippen molar-refractivity contribution < 1.29 is 14.3 Å². The summed E-state index contributed by atoms with van der Waals surface area (Å²) in [5.41, 5.74) is -0.219. The zero-order valence-electron chi connectivity index (χ0n) is 14.0. The van der Waals surface area contributed by atoms with E-state index in [1.165, 1.54) is 25.7 Å². The fourth-order valence-electron chi connectivity index (χ4n) is 4.14. The largest absolute Gasteiger partial charge is 0.378 e. The van der Waals surface area contributed by atoms with Crippen LogP contribution >= 0.6 is 0 Å². The third kappa shape index (κ3) is 3.30. The highest BCUT2D eigenvalue weighted by Gasteiger charge is 2.50. The molecule has 130 valence electrons. The lowest BCUT2D eigenvalue weighted by Crippen LogP contribution is -2.67. The summed E-state index contributed by atoms with van der Waals surface area (Å²) in [6.07, 6.45) is 10.6. The molecule has 6 heteroatoms. The van der Waals surface area contributed by atoms with Crippen LogP contribution in [0.2, 0.25) is 0 Å². The Kier molecular flexibility index (Phi) is 4.50. The van der Waals surface area contributed by atoms with E-state index in [2.05, 4.69) is 9.97 Å². The Morgan fingerprint density at radius 2 is 2.00 bits per heavy atom. The number of hydrogen-bond donors (Lipinski definition) is 0. The Bertz CT molecular complexity index is 568. The molecular weight excluding hydrogens is 306 g/mol. The topological polar surface area (TPSA) is 64.6 Å². The highest BCUT2D eigenvalue weighted by Crippen LogP contribution is 2.36. The fourth-order valence-corrected chi connectivity index (χ4v) is 4.14. The summed E-state index contributed by atoms with van der Waals surface area (Å²) in [5, 5.41) is 0. The molecule has 1 aliphatic carbocycles. The van der Waals surface area contributed by atoms with Crippen LogP contribution in [0.25, 0.3) is 0 Å². The van der Waals surface area contributed by atoms with Crippen molar-refractivity contribution in [2.45, 2.75) is 50.2 Å². The minimum absolute atomic E-state index is 0.112. The number of carbonyl (C=O) groups is 1. The summed E-state index contributed by atoms with van der Waals surface area (Å²) >= 11 is 0. The number of hydrogen-bond acceptors (Lipinski definition) is 5. The first-order valence-electron chi connectivity index (χ1n) is 9.06. The van der Waals surface area contributed by atoms with Gasteiger partial charge in [0, 0.05) is 32.0 Å². The maximum atomic E-state index is 12.3. The Balaban J connectivity index is 1.28. The third-order valence-electron chi connectivity index (χ3n) is 5.49. The molecule has 3 aliphatic rings. The molecule has 6 nitrogen and oxygen atoms in total. The summed E-state index contributed by atoms with van der Waals surface area (Å²) in [4.78, 5) is 22.2. The van der Waals surface area contributed by atoms with Crippen molar-refractivity contribution in [1.29, 1.82) is 0 Å². The van der Waals surface area contributed by atoms with E-state index in [0.717, 1.165) is 32.0 Å². The van der Waals surface area contributed by atoms with Gasteiger partial charge in [0.1, 0.15) is 5.60 Å². The third-order valence-corrected chi connectivity index (χ3v) is 5.49. The monoisotopic (exact) mass is 331 g/mol. The van der Waals surface area contributed by atoms with Crippen LogP contribution in [0.3, 0.4) is 0 Å². The van der Waals surface area contributed by atoms with E-state index in [-0.39, 0.29) is 23.4 Å². The fraction of sp³-hybridized carbons (Fsp3) is 0.722. The Morgan fingerprint density at radius 3 is 2.75 bits per heavy atom. The van der Waals surface area contributed by atoms with E-state index in [0.29, 0.717) is 13.1 Å². The first kappa shape index (κ1) is 16.0. The average molecular weight is 331 g/mol. The molecule has 1 atom stereocenters. The number of likely N-dealkylation sites (tertiary alicyclic amines) is 1. The van der Waals surface area contributed by atoms with E-state index in [1.807, 2.05) is 0 Å². The standard InChI is InChI=1S/C18H25N3O3/c22-17(16-19-7-3-8-20-16)21-12-18(13-21)10-15(6-9-24-18)23-11-14-4-1-2-5-14/h3,7-8,14-15H,1-2,4-6,9-13H2/t15-/m0/s1. The molecule has 3 fully saturated rings. The van der Waals surface area contributed by atoms with E-state index < -0.39 is 0 Å². The number of rotatable bonds is 4. The predicted octanol–water partition coefficient (Wildman–Crippen LogP) is 2.06. The second-order valence-corrected chi connectivity index (χ2v) is 7.36. The van der Waals surface area contributed by atoms with Crippen molar-refractivity contribution >= 4 is 5.91 Å². The van der Waals surface area contributed by atoms with Gasteiger partial charge in [-0.2, -0.15) is 0 Å². The summed E-state index contributed by atoms with van der Waals surface area (Å²) in [6.45, 7) is 2.85. The van der Waals surface area contributed by atoms with Crippen LogP contribution in [-0.4, -0.2) is 58.8 Å². The van der Waals surface area contributed by atoms with Crippen LogP contribution < -0.4 is 0 Å². The Hall–Kier alpha value is -1.53. The number of aromatic nitrogens is 2. The quantitative estimate of drug-likeness (QED) is 0.845. The molecule has 0 radical (unpaired) electrons. The molecule has 1 aromatic heterocycles. The first-order chi connectivity index (χ1) is 11.7. The highest BCUT2D eigenvalue weighted by atomic mass is 16.5. The lowest BCUT2D eigenvalue weighted by Gasteiger charge is -2.52. The van der Waals surface area contributed by atoms with Crippen LogP contribution in [0.4, 0.5) is 0 Å². The van der Waals surface area contributed by atoms with Gasteiger partial charge in [-0.15, -0.1) is 0 Å². The van der Waals surface area contributed by atoms with Gasteiger partial charge >= 0.3 is 0 Å². The maximum absolute atomic E-state index is 12.3. The van der Waals surface area contributed by atoms with Gasteiger partial charge < -0.3 is 14.4 Å². The van der Waals surface area contributed by atoms with Crippen molar-refractivity contribution in [3.63, 3.8) is 0 Å². The van der Waals surface area contributed by atoms with Crippen LogP contribution in [-0.2, 0) is 9.47 Å². The van der Waals surface area contributed by atoms with Crippen LogP contribution in [0.15, 0.2) is 18.5 Å². The van der Waals surface area contributed by atoms with Crippen LogP contribution in [0, 0.1) is 5.92 Å². The van der Waals surface area contributed by atoms with Gasteiger partial charge in [-0.25, -0.2) is 9.97 Å². The number of nitrogens with zero attached hydrogens (tertiary/aromatic N) is 3. The number of ether oxygens (including phenoxy) is 2. The molecule has 24 heavy (non-hydrogen) atoms. The van der Waals surface area contributed by atoms with Gasteiger partial charge in [0.2, 0.25) is 5.82 Å². The smallest absolute Gasteiger partial charge is 0.291 e. The summed E-state index contributed by atoms with van der Waals surface area (Å²) in [5.74, 6) is 0.898. The molecule has 2 aliphatic heterocycles. The van der Waals surface area contributed by atoms with Crippen LogP contribution in [0.1, 0.15) is 49.1 Å². The van der Waals surface area contributed by atoms with Crippen molar-refractivity contribution in [2.24, 2.45) is 5.92 Å². The molecule has 2 saturated heterocycles. The molecular formula is C18H25N3O3. The minimum atomic E-state index is -0.219. The average Bonchev–Trinajstić information content (AvgIpc) is 3.12. The lowest BCUT2D eigenvalue weighted by molar-refractivity contribution is -0.187. The van der Waals surface area contributed by atoms with E-state index in [9.17, 15) is 4.79 Å². The van der Waals surface area contributed by atoms with Crippen molar-refractivity contribution in [1.82, 2.24) is 14.9 Å². The summed E-state index contributed by atoms with van der Waals surface area (Å²) < 4.78 is 12.2. The number of carbonyl (C=O) groups excluding carboxylic acids is 1. The van der Waals surface area contributed by atoms with Gasteiger partial charge in [-0.3, -0.25) is 4.79 Å². The zero-order chi connectivity index (χ0) is 16.4. The molecule has 1 amide bonds. The lowest BCUT2D eigenvalue weighted by atomic mass is 9.84. The molecule has 0 aromatic carbocycles. The van der Waals surface area contributed by atoms with E-state index in [4.69, 9.17) is 9.47 Å². The van der Waals surface area contributed by atoms with Gasteiger partial charge in [0.05, 0.1) is 19.2 Å². The predicted molar refractivity (Wildman–Crippen MR) is 87.6 cm³/mol. The van der Waals surface area contributed by atoms with Gasteiger partial charge in [-0.1, -0.05) is 12.8 Å². The molecule has 0 unspecified atom stereocenters. The van der Waals surface area contributed by atoms with Gasteiger partial charge in [0.25, 0.3) is 5.91 Å². The molecule has 4 rings (SSSR count). The molecule has 1 spiro atoms. The molecule has 3 heterocycles. The van der Waals surface area contributed by atoms with Crippen LogP contribution in [0.5, 0.6) is 0 Å². The van der Waals surface area contributed by atoms with Crippen molar-refractivity contribution in [2.75, 3.05) is 26.3 Å². The Labute approximate surface area is 142 Å². The first-order valence-corrected chi connectivity index (χ1v) is 9.06. The second-order valence-electron chi connectivity index (χ2n) is 7.36. The summed E-state index contributed by atoms with van der Waals surface area (Å²) in [7, 11) is 0. The normalized spacial score (nSPS) is 26.5. The molecule has 1 saturated carbocycles. The highest BCUT2D eigenvalue weighted by molar-refractivity contribution is 5.91. The van der Waals surface area contributed by atoms with E-state index in [1.54, 1.807) is 23.4 Å². The minimum Gasteiger partial charge on any atom is -0.378 e. The second kappa shape index (κ2) is 6.76.